The van der Waals surface area contributed by atoms with Crippen LogP contribution in [0.25, 0.3) is 10.1 Å². The van der Waals surface area contributed by atoms with Gasteiger partial charge in [0.2, 0.25) is 0 Å². The standard InChI is InChI=1S/C22H25FN2OS2/c1-14(2)16-5-3-4-6-17(16)19-13-24(9-10-25(19)27)12-15-7-8-20(26)22-18(15)11-21(23)28-22/h3-8,11,14,19,26-27H,9-10,12-13H2,1-2H3. The number of phenols is 1. The van der Waals surface area contributed by atoms with Gasteiger partial charge in [-0.3, -0.25) is 4.90 Å². The molecule has 0 bridgehead atoms. The van der Waals surface area contributed by atoms with E-state index in [0.29, 0.717) is 10.6 Å². The van der Waals surface area contributed by atoms with E-state index in [4.69, 9.17) is 12.8 Å². The number of benzene rings is 2. The summed E-state index contributed by atoms with van der Waals surface area (Å²) in [4.78, 5) is 2.40. The van der Waals surface area contributed by atoms with E-state index in [9.17, 15) is 9.50 Å². The highest BCUT2D eigenvalue weighted by Crippen LogP contribution is 2.36. The van der Waals surface area contributed by atoms with Crippen LogP contribution in [-0.2, 0) is 6.54 Å². The first-order valence-corrected chi connectivity index (χ1v) is 10.8. The van der Waals surface area contributed by atoms with Crippen molar-refractivity contribution >= 4 is 34.2 Å². The molecule has 1 aliphatic rings. The molecule has 1 unspecified atom stereocenters. The van der Waals surface area contributed by atoms with Crippen LogP contribution in [0, 0.1) is 5.13 Å². The van der Waals surface area contributed by atoms with Crippen LogP contribution in [-0.4, -0.2) is 33.9 Å². The van der Waals surface area contributed by atoms with Gasteiger partial charge in [-0.1, -0.05) is 57.0 Å². The molecule has 1 saturated heterocycles. The minimum atomic E-state index is -0.262. The normalized spacial score (nSPS) is 19.0. The molecule has 148 valence electrons. The van der Waals surface area contributed by atoms with Gasteiger partial charge in [0.25, 0.3) is 0 Å². The number of thiophene rings is 1. The fourth-order valence-corrected chi connectivity index (χ4v) is 5.22. The summed E-state index contributed by atoms with van der Waals surface area (Å²) >= 11 is 5.75. The Hall–Kier alpha value is -1.60. The van der Waals surface area contributed by atoms with Gasteiger partial charge < -0.3 is 5.11 Å². The van der Waals surface area contributed by atoms with Crippen molar-refractivity contribution in [2.75, 3.05) is 19.6 Å². The average Bonchev–Trinajstić information content (AvgIpc) is 3.08. The SMILES string of the molecule is CC(C)c1ccccc1C1CN(Cc2ccc(O)c3sc(F)cc23)CCN1S. The summed E-state index contributed by atoms with van der Waals surface area (Å²) in [5.74, 6) is 0.607. The second-order valence-corrected chi connectivity index (χ2v) is 9.25. The van der Waals surface area contributed by atoms with Crippen LogP contribution in [0.1, 0.15) is 42.5 Å². The summed E-state index contributed by atoms with van der Waals surface area (Å²) in [6.07, 6.45) is 0. The Balaban J connectivity index is 1.61. The number of fused-ring (bicyclic) bond motifs is 1. The summed E-state index contributed by atoms with van der Waals surface area (Å²) in [6, 6.07) is 13.9. The quantitative estimate of drug-likeness (QED) is 0.544. The van der Waals surface area contributed by atoms with Crippen LogP contribution in [0.2, 0.25) is 0 Å². The molecule has 1 aliphatic heterocycles. The smallest absolute Gasteiger partial charge is 0.177 e. The molecule has 1 fully saturated rings. The van der Waals surface area contributed by atoms with Crippen LogP contribution in [0.3, 0.4) is 0 Å². The molecule has 1 atom stereocenters. The van der Waals surface area contributed by atoms with E-state index >= 15 is 0 Å². The maximum Gasteiger partial charge on any atom is 0.177 e. The van der Waals surface area contributed by atoms with E-state index < -0.39 is 0 Å². The molecule has 6 heteroatoms. The molecule has 1 aromatic heterocycles. The Morgan fingerprint density at radius 1 is 1.21 bits per heavy atom. The zero-order valence-electron chi connectivity index (χ0n) is 16.1. The lowest BCUT2D eigenvalue weighted by Gasteiger charge is -2.40. The third-order valence-electron chi connectivity index (χ3n) is 5.53. The van der Waals surface area contributed by atoms with Crippen molar-refractivity contribution in [1.29, 1.82) is 0 Å². The van der Waals surface area contributed by atoms with Crippen molar-refractivity contribution in [3.63, 3.8) is 0 Å². The monoisotopic (exact) mass is 416 g/mol. The van der Waals surface area contributed by atoms with Crippen LogP contribution in [0.4, 0.5) is 4.39 Å². The van der Waals surface area contributed by atoms with Gasteiger partial charge in [-0.15, -0.1) is 11.3 Å². The number of phenolic OH excluding ortho intramolecular Hbond substituents is 1. The Bertz CT molecular complexity index is 988. The third-order valence-corrected chi connectivity index (χ3v) is 6.95. The number of piperazine rings is 1. The Morgan fingerprint density at radius 3 is 2.79 bits per heavy atom. The average molecular weight is 417 g/mol. The summed E-state index contributed by atoms with van der Waals surface area (Å²) in [6.45, 7) is 7.80. The van der Waals surface area contributed by atoms with Crippen molar-refractivity contribution in [2.24, 2.45) is 0 Å². The van der Waals surface area contributed by atoms with E-state index in [1.165, 1.54) is 17.2 Å². The Labute approximate surface area is 174 Å². The zero-order chi connectivity index (χ0) is 19.8. The summed E-state index contributed by atoms with van der Waals surface area (Å²) < 4.78 is 16.6. The highest BCUT2D eigenvalue weighted by atomic mass is 32.1. The van der Waals surface area contributed by atoms with E-state index in [-0.39, 0.29) is 16.9 Å². The Morgan fingerprint density at radius 2 is 2.00 bits per heavy atom. The van der Waals surface area contributed by atoms with E-state index in [1.54, 1.807) is 6.07 Å². The molecule has 28 heavy (non-hydrogen) atoms. The van der Waals surface area contributed by atoms with Crippen LogP contribution in [0.5, 0.6) is 5.75 Å². The minimum Gasteiger partial charge on any atom is -0.506 e. The molecule has 3 aromatic rings. The van der Waals surface area contributed by atoms with Crippen molar-refractivity contribution < 1.29 is 9.50 Å². The van der Waals surface area contributed by atoms with Gasteiger partial charge in [-0.25, -0.2) is 4.31 Å². The van der Waals surface area contributed by atoms with Gasteiger partial charge in [0, 0.05) is 31.6 Å². The van der Waals surface area contributed by atoms with Gasteiger partial charge in [-0.2, -0.15) is 4.39 Å². The van der Waals surface area contributed by atoms with Gasteiger partial charge in [0.05, 0.1) is 10.7 Å². The van der Waals surface area contributed by atoms with E-state index in [1.807, 2.05) is 6.07 Å². The number of halogens is 1. The topological polar surface area (TPSA) is 26.7 Å². The highest BCUT2D eigenvalue weighted by molar-refractivity contribution is 7.77. The van der Waals surface area contributed by atoms with E-state index in [0.717, 1.165) is 48.5 Å². The number of rotatable bonds is 4. The van der Waals surface area contributed by atoms with Crippen molar-refractivity contribution in [1.82, 2.24) is 9.21 Å². The summed E-state index contributed by atoms with van der Waals surface area (Å²) in [7, 11) is 0. The first kappa shape index (κ1) is 19.7. The highest BCUT2D eigenvalue weighted by Gasteiger charge is 2.29. The van der Waals surface area contributed by atoms with Gasteiger partial charge >= 0.3 is 0 Å². The molecule has 2 heterocycles. The maximum atomic E-state index is 13.8. The lowest BCUT2D eigenvalue weighted by molar-refractivity contribution is 0.139. The van der Waals surface area contributed by atoms with E-state index in [2.05, 4.69) is 47.3 Å². The van der Waals surface area contributed by atoms with Crippen LogP contribution in [0.15, 0.2) is 42.5 Å². The zero-order valence-corrected chi connectivity index (χ0v) is 17.8. The Kier molecular flexibility index (Phi) is 5.65. The largest absolute Gasteiger partial charge is 0.506 e. The number of aromatic hydroxyl groups is 1. The van der Waals surface area contributed by atoms with Crippen molar-refractivity contribution in [3.05, 3.63) is 64.3 Å². The maximum absolute atomic E-state index is 13.8. The lowest BCUT2D eigenvalue weighted by atomic mass is 9.91. The molecular formula is C22H25FN2OS2. The number of hydrogen-bond donors (Lipinski definition) is 2. The number of nitrogens with zero attached hydrogens (tertiary/aromatic N) is 2. The number of hydrogen-bond acceptors (Lipinski definition) is 5. The fraction of sp³-hybridized carbons (Fsp3) is 0.364. The molecule has 0 spiro atoms. The first-order valence-electron chi connectivity index (χ1n) is 9.60. The predicted molar refractivity (Wildman–Crippen MR) is 118 cm³/mol. The molecule has 3 nitrogen and oxygen atoms in total. The molecule has 0 amide bonds. The molecule has 2 aromatic carbocycles. The second-order valence-electron chi connectivity index (χ2n) is 7.73. The number of thiol groups is 1. The predicted octanol–water partition coefficient (Wildman–Crippen LogP) is 5.57. The summed E-state index contributed by atoms with van der Waals surface area (Å²) in [5, 5.41) is 10.6. The first-order chi connectivity index (χ1) is 13.4. The molecular weight excluding hydrogens is 391 g/mol. The van der Waals surface area contributed by atoms with Crippen molar-refractivity contribution in [3.8, 4) is 5.75 Å². The second kappa shape index (κ2) is 8.03. The van der Waals surface area contributed by atoms with Crippen molar-refractivity contribution in [2.45, 2.75) is 32.4 Å². The molecule has 1 N–H and O–H groups in total. The van der Waals surface area contributed by atoms with Gasteiger partial charge in [0.15, 0.2) is 5.13 Å². The third kappa shape index (κ3) is 3.79. The lowest BCUT2D eigenvalue weighted by Crippen LogP contribution is -2.44. The van der Waals surface area contributed by atoms with Crippen LogP contribution < -0.4 is 0 Å². The summed E-state index contributed by atoms with van der Waals surface area (Å²) in [5.41, 5.74) is 3.74. The molecule has 0 saturated carbocycles. The fourth-order valence-electron chi connectivity index (χ4n) is 4.09. The van der Waals surface area contributed by atoms with Gasteiger partial charge in [-0.05, 0) is 34.7 Å². The molecule has 0 aliphatic carbocycles. The van der Waals surface area contributed by atoms with Crippen LogP contribution >= 0.6 is 24.2 Å². The molecule has 0 radical (unpaired) electrons. The minimum absolute atomic E-state index is 0.150. The van der Waals surface area contributed by atoms with Gasteiger partial charge in [0.1, 0.15) is 5.75 Å². The molecule has 4 rings (SSSR count).